The molecule has 2 aromatic rings. The van der Waals surface area contributed by atoms with Crippen LogP contribution in [0.25, 0.3) is 0 Å². The van der Waals surface area contributed by atoms with Gasteiger partial charge in [0.15, 0.2) is 0 Å². The average molecular weight is 411 g/mol. The first kappa shape index (κ1) is 20.7. The number of hydrogen-bond acceptors (Lipinski definition) is 4. The van der Waals surface area contributed by atoms with Gasteiger partial charge in [0, 0.05) is 0 Å². The second-order valence-electron chi connectivity index (χ2n) is 5.08. The first-order valence-electron chi connectivity index (χ1n) is 7.12. The van der Waals surface area contributed by atoms with Gasteiger partial charge in [-0.2, -0.15) is 13.9 Å². The number of aliphatic carboxylic acids is 1. The fraction of sp³-hybridized carbons (Fsp3) is 0.133. The standard InChI is InChI=1S/C15H11F5NO5P/c1-7(15(22)23)21-27(24,25-8-5-3-2-4-6-8)26-14-12(19)10(17)9(16)11(18)13(14)20/h2-7H,1H3,(H,21,24)(H,22,23)/t7-,27+/m0/s1. The van der Waals surface area contributed by atoms with Crippen LogP contribution in [0.4, 0.5) is 22.0 Å². The third kappa shape index (κ3) is 4.55. The van der Waals surface area contributed by atoms with Crippen LogP contribution in [0, 0.1) is 29.1 Å². The summed E-state index contributed by atoms with van der Waals surface area (Å²) in [7, 11) is -4.95. The minimum absolute atomic E-state index is 0.185. The molecule has 12 heteroatoms. The normalized spacial score (nSPS) is 14.3. The van der Waals surface area contributed by atoms with Gasteiger partial charge in [0.05, 0.1) is 0 Å². The molecular formula is C15H11F5NO5P. The van der Waals surface area contributed by atoms with E-state index in [4.69, 9.17) is 9.63 Å². The fourth-order valence-corrected chi connectivity index (χ4v) is 3.30. The first-order valence-corrected chi connectivity index (χ1v) is 8.66. The van der Waals surface area contributed by atoms with Crippen molar-refractivity contribution >= 4 is 13.7 Å². The summed E-state index contributed by atoms with van der Waals surface area (Å²) < 4.78 is 89.5. The first-order chi connectivity index (χ1) is 12.6. The van der Waals surface area contributed by atoms with Gasteiger partial charge in [0.2, 0.25) is 34.8 Å². The van der Waals surface area contributed by atoms with Gasteiger partial charge in [-0.15, -0.1) is 0 Å². The average Bonchev–Trinajstić information content (AvgIpc) is 2.62. The van der Waals surface area contributed by atoms with Crippen molar-refractivity contribution in [3.8, 4) is 11.5 Å². The minimum Gasteiger partial charge on any atom is -0.480 e. The molecular weight excluding hydrogens is 400 g/mol. The molecule has 0 unspecified atom stereocenters. The number of hydrogen-bond donors (Lipinski definition) is 2. The predicted molar refractivity (Wildman–Crippen MR) is 81.8 cm³/mol. The van der Waals surface area contributed by atoms with Crippen molar-refractivity contribution < 1.29 is 45.5 Å². The monoisotopic (exact) mass is 411 g/mol. The lowest BCUT2D eigenvalue weighted by Crippen LogP contribution is -2.34. The van der Waals surface area contributed by atoms with E-state index in [0.717, 1.165) is 6.92 Å². The van der Waals surface area contributed by atoms with Gasteiger partial charge in [-0.05, 0) is 19.1 Å². The minimum atomic E-state index is -4.95. The van der Waals surface area contributed by atoms with Crippen LogP contribution < -0.4 is 14.1 Å². The molecule has 0 bridgehead atoms. The van der Waals surface area contributed by atoms with E-state index >= 15 is 0 Å². The van der Waals surface area contributed by atoms with Crippen LogP contribution >= 0.6 is 7.75 Å². The van der Waals surface area contributed by atoms with Gasteiger partial charge in [0.1, 0.15) is 11.8 Å². The molecule has 27 heavy (non-hydrogen) atoms. The van der Waals surface area contributed by atoms with Gasteiger partial charge >= 0.3 is 13.7 Å². The molecule has 2 N–H and O–H groups in total. The van der Waals surface area contributed by atoms with Gasteiger partial charge in [0.25, 0.3) is 0 Å². The molecule has 0 saturated heterocycles. The van der Waals surface area contributed by atoms with Crippen molar-refractivity contribution in [2.75, 3.05) is 0 Å². The van der Waals surface area contributed by atoms with Crippen molar-refractivity contribution in [1.29, 1.82) is 0 Å². The number of nitrogens with one attached hydrogen (secondary N) is 1. The quantitative estimate of drug-likeness (QED) is 0.310. The molecule has 0 aliphatic heterocycles. The summed E-state index contributed by atoms with van der Waals surface area (Å²) in [6.07, 6.45) is 0. The molecule has 146 valence electrons. The Kier molecular flexibility index (Phi) is 6.07. The summed E-state index contributed by atoms with van der Waals surface area (Å²) in [5.74, 6) is -15.5. The maximum atomic E-state index is 13.8. The molecule has 0 radical (unpaired) electrons. The van der Waals surface area contributed by atoms with Crippen LogP contribution in [0.1, 0.15) is 6.92 Å². The molecule has 0 heterocycles. The van der Waals surface area contributed by atoms with E-state index in [1.165, 1.54) is 30.3 Å². The second kappa shape index (κ2) is 7.93. The zero-order valence-corrected chi connectivity index (χ0v) is 14.3. The third-order valence-corrected chi connectivity index (χ3v) is 4.65. The number of rotatable bonds is 7. The Balaban J connectivity index is 2.49. The van der Waals surface area contributed by atoms with E-state index in [-0.39, 0.29) is 5.75 Å². The van der Waals surface area contributed by atoms with E-state index in [1.807, 2.05) is 5.09 Å². The number of carboxylic acid groups (broad SMARTS) is 1. The fourth-order valence-electron chi connectivity index (χ4n) is 1.77. The van der Waals surface area contributed by atoms with E-state index < -0.39 is 54.6 Å². The van der Waals surface area contributed by atoms with Crippen LogP contribution in [-0.4, -0.2) is 17.1 Å². The summed E-state index contributed by atoms with van der Waals surface area (Å²) in [6.45, 7) is 0.991. The van der Waals surface area contributed by atoms with Gasteiger partial charge in [-0.3, -0.25) is 4.79 Å². The van der Waals surface area contributed by atoms with Crippen LogP contribution in [-0.2, 0) is 9.36 Å². The molecule has 0 spiro atoms. The molecule has 2 rings (SSSR count). The molecule has 2 aromatic carbocycles. The molecule has 0 fully saturated rings. The van der Waals surface area contributed by atoms with Crippen LogP contribution in [0.2, 0.25) is 0 Å². The number of halogens is 5. The van der Waals surface area contributed by atoms with Gasteiger partial charge < -0.3 is 14.2 Å². The third-order valence-electron chi connectivity index (χ3n) is 3.07. The van der Waals surface area contributed by atoms with E-state index in [9.17, 15) is 31.3 Å². The van der Waals surface area contributed by atoms with Crippen molar-refractivity contribution in [3.05, 3.63) is 59.4 Å². The molecule has 0 saturated carbocycles. The molecule has 0 aromatic heterocycles. The number of benzene rings is 2. The molecule has 6 nitrogen and oxygen atoms in total. The van der Waals surface area contributed by atoms with E-state index in [1.54, 1.807) is 0 Å². The highest BCUT2D eigenvalue weighted by molar-refractivity contribution is 7.52. The Morgan fingerprint density at radius 1 is 0.963 bits per heavy atom. The Morgan fingerprint density at radius 3 is 1.93 bits per heavy atom. The molecule has 0 amide bonds. The highest BCUT2D eigenvalue weighted by Crippen LogP contribution is 2.47. The van der Waals surface area contributed by atoms with Crippen molar-refractivity contribution in [2.24, 2.45) is 0 Å². The molecule has 0 aliphatic carbocycles. The SMILES string of the molecule is C[C@H](N[P@@](=O)(Oc1ccccc1)Oc1c(F)c(F)c(F)c(F)c1F)C(=O)O. The molecule has 2 atom stereocenters. The number of carbonyl (C=O) groups is 1. The van der Waals surface area contributed by atoms with E-state index in [0.29, 0.717) is 0 Å². The van der Waals surface area contributed by atoms with Crippen LogP contribution in [0.15, 0.2) is 30.3 Å². The zero-order valence-electron chi connectivity index (χ0n) is 13.4. The lowest BCUT2D eigenvalue weighted by atomic mass is 10.3. The van der Waals surface area contributed by atoms with Crippen molar-refractivity contribution in [1.82, 2.24) is 5.09 Å². The zero-order chi connectivity index (χ0) is 20.4. The summed E-state index contributed by atoms with van der Waals surface area (Å²) in [4.78, 5) is 11.0. The second-order valence-corrected chi connectivity index (χ2v) is 6.70. The molecule has 0 aliphatic rings. The van der Waals surface area contributed by atoms with Gasteiger partial charge in [-0.25, -0.2) is 17.7 Å². The van der Waals surface area contributed by atoms with E-state index in [2.05, 4.69) is 4.52 Å². The largest absolute Gasteiger partial charge is 0.513 e. The van der Waals surface area contributed by atoms with Gasteiger partial charge in [-0.1, -0.05) is 18.2 Å². The topological polar surface area (TPSA) is 84.9 Å². The Labute approximate surface area is 149 Å². The summed E-state index contributed by atoms with van der Waals surface area (Å²) in [6, 6.07) is 5.22. The Morgan fingerprint density at radius 2 is 1.44 bits per heavy atom. The highest BCUT2D eigenvalue weighted by Gasteiger charge is 2.37. The van der Waals surface area contributed by atoms with Crippen molar-refractivity contribution in [2.45, 2.75) is 13.0 Å². The summed E-state index contributed by atoms with van der Waals surface area (Å²) in [5, 5.41) is 10.7. The van der Waals surface area contributed by atoms with Crippen molar-refractivity contribution in [3.63, 3.8) is 0 Å². The summed E-state index contributed by atoms with van der Waals surface area (Å²) in [5.41, 5.74) is 0. The smallest absolute Gasteiger partial charge is 0.480 e. The lowest BCUT2D eigenvalue weighted by Gasteiger charge is -2.22. The summed E-state index contributed by atoms with van der Waals surface area (Å²) >= 11 is 0. The maximum absolute atomic E-state index is 13.8. The van der Waals surface area contributed by atoms with Crippen LogP contribution in [0.3, 0.4) is 0 Å². The highest BCUT2D eigenvalue weighted by atomic mass is 31.2. The number of carboxylic acids is 1. The maximum Gasteiger partial charge on any atom is 0.513 e. The number of para-hydroxylation sites is 1. The Bertz CT molecular complexity index is 882. The predicted octanol–water partition coefficient (Wildman–Crippen LogP) is 4.01. The Hall–Kier alpha value is -2.65. The lowest BCUT2D eigenvalue weighted by molar-refractivity contribution is -0.138. The van der Waals surface area contributed by atoms with Crippen LogP contribution in [0.5, 0.6) is 11.5 Å².